The molecule has 2 aromatic heterocycles. The summed E-state index contributed by atoms with van der Waals surface area (Å²) in [5.41, 5.74) is 2.09. The summed E-state index contributed by atoms with van der Waals surface area (Å²) in [7, 11) is 1.54. The van der Waals surface area contributed by atoms with Crippen LogP contribution >= 0.6 is 11.8 Å². The van der Waals surface area contributed by atoms with E-state index in [-0.39, 0.29) is 12.5 Å². The Labute approximate surface area is 155 Å². The predicted molar refractivity (Wildman–Crippen MR) is 94.9 cm³/mol. The second-order valence-electron chi connectivity index (χ2n) is 5.37. The normalized spacial score (nSPS) is 10.6. The van der Waals surface area contributed by atoms with Gasteiger partial charge in [0.2, 0.25) is 0 Å². The Kier molecular flexibility index (Phi) is 7.61. The molecule has 1 N–H and O–H groups in total. The van der Waals surface area contributed by atoms with Crippen LogP contribution < -0.4 is 5.32 Å². The number of pyridine rings is 1. The molecule has 0 unspecified atom stereocenters. The molecule has 1 amide bonds. The summed E-state index contributed by atoms with van der Waals surface area (Å²) in [4.78, 5) is 28.1. The average molecular weight is 379 g/mol. The van der Waals surface area contributed by atoms with Crippen LogP contribution in [-0.4, -0.2) is 48.9 Å². The molecule has 26 heavy (non-hydrogen) atoms. The summed E-state index contributed by atoms with van der Waals surface area (Å²) in [5.74, 6) is 0.323. The molecule has 2 rings (SSSR count). The Morgan fingerprint density at radius 2 is 2.15 bits per heavy atom. The number of amides is 1. The number of carbonyl (C=O) groups is 2. The van der Waals surface area contributed by atoms with E-state index in [1.54, 1.807) is 18.3 Å². The molecule has 0 aliphatic heterocycles. The monoisotopic (exact) mass is 379 g/mol. The van der Waals surface area contributed by atoms with Gasteiger partial charge in [-0.2, -0.15) is 0 Å². The third-order valence-corrected chi connectivity index (χ3v) is 4.52. The van der Waals surface area contributed by atoms with Crippen molar-refractivity contribution in [1.29, 1.82) is 0 Å². The number of thioether (sulfide) groups is 1. The Bertz CT molecular complexity index is 743. The highest BCUT2D eigenvalue weighted by molar-refractivity contribution is 7.98. The lowest BCUT2D eigenvalue weighted by Gasteiger charge is -2.09. The zero-order valence-corrected chi connectivity index (χ0v) is 15.7. The van der Waals surface area contributed by atoms with Crippen LogP contribution in [0.5, 0.6) is 0 Å². The minimum atomic E-state index is -0.596. The summed E-state index contributed by atoms with van der Waals surface area (Å²) in [5, 5.41) is 7.02. The molecule has 0 atom stereocenters. The van der Waals surface area contributed by atoms with E-state index in [4.69, 9.17) is 14.0 Å². The van der Waals surface area contributed by atoms with E-state index in [0.29, 0.717) is 29.5 Å². The van der Waals surface area contributed by atoms with Crippen molar-refractivity contribution < 1.29 is 23.6 Å². The van der Waals surface area contributed by atoms with Crippen molar-refractivity contribution in [2.24, 2.45) is 0 Å². The summed E-state index contributed by atoms with van der Waals surface area (Å²) in [6, 6.07) is 3.27. The van der Waals surface area contributed by atoms with Crippen molar-refractivity contribution in [3.8, 4) is 0 Å². The zero-order valence-electron chi connectivity index (χ0n) is 14.9. The summed E-state index contributed by atoms with van der Waals surface area (Å²) >= 11 is 1.38. The molecule has 9 heteroatoms. The number of aryl methyl sites for hydroxylation is 2. The topological polar surface area (TPSA) is 104 Å². The van der Waals surface area contributed by atoms with Gasteiger partial charge in [0.25, 0.3) is 5.91 Å². The highest BCUT2D eigenvalue weighted by atomic mass is 32.2. The smallest absolute Gasteiger partial charge is 0.341 e. The van der Waals surface area contributed by atoms with Gasteiger partial charge in [0.15, 0.2) is 6.61 Å². The third-order valence-electron chi connectivity index (χ3n) is 3.49. The van der Waals surface area contributed by atoms with Gasteiger partial charge in [0.05, 0.1) is 17.9 Å². The molecule has 0 aliphatic carbocycles. The molecule has 0 aliphatic rings. The van der Waals surface area contributed by atoms with Crippen LogP contribution in [0, 0.1) is 13.8 Å². The van der Waals surface area contributed by atoms with Gasteiger partial charge in [-0.3, -0.25) is 4.79 Å². The van der Waals surface area contributed by atoms with E-state index in [2.05, 4.69) is 15.5 Å². The van der Waals surface area contributed by atoms with E-state index < -0.39 is 5.97 Å². The number of methoxy groups -OCH3 is 1. The minimum Gasteiger partial charge on any atom is -0.452 e. The van der Waals surface area contributed by atoms with Crippen LogP contribution in [0.25, 0.3) is 0 Å². The molecular weight excluding hydrogens is 358 g/mol. The fraction of sp³-hybridized carbons (Fsp3) is 0.412. The van der Waals surface area contributed by atoms with Crippen LogP contribution in [0.15, 0.2) is 27.9 Å². The maximum absolute atomic E-state index is 12.3. The van der Waals surface area contributed by atoms with Gasteiger partial charge >= 0.3 is 5.97 Å². The lowest BCUT2D eigenvalue weighted by Crippen LogP contribution is -2.31. The molecule has 140 valence electrons. The molecule has 2 aromatic rings. The molecule has 0 saturated heterocycles. The molecule has 0 radical (unpaired) electrons. The van der Waals surface area contributed by atoms with E-state index >= 15 is 0 Å². The number of carbonyl (C=O) groups excluding carboxylic acids is 2. The van der Waals surface area contributed by atoms with Crippen molar-refractivity contribution in [1.82, 2.24) is 15.5 Å². The Morgan fingerprint density at radius 3 is 2.85 bits per heavy atom. The van der Waals surface area contributed by atoms with Gasteiger partial charge in [0, 0.05) is 31.2 Å². The first-order chi connectivity index (χ1) is 12.5. The number of nitrogens with one attached hydrogen (secondary N) is 1. The molecule has 2 heterocycles. The third kappa shape index (κ3) is 5.57. The Hall–Kier alpha value is -2.39. The Morgan fingerprint density at radius 1 is 1.35 bits per heavy atom. The van der Waals surface area contributed by atoms with Gasteiger partial charge < -0.3 is 19.3 Å². The van der Waals surface area contributed by atoms with E-state index in [1.807, 2.05) is 13.8 Å². The van der Waals surface area contributed by atoms with E-state index in [0.717, 1.165) is 17.0 Å². The Balaban J connectivity index is 1.95. The predicted octanol–water partition coefficient (Wildman–Crippen LogP) is 1.90. The number of aromatic nitrogens is 2. The van der Waals surface area contributed by atoms with Crippen LogP contribution in [0.3, 0.4) is 0 Å². The van der Waals surface area contributed by atoms with Crippen molar-refractivity contribution in [3.63, 3.8) is 0 Å². The maximum Gasteiger partial charge on any atom is 0.341 e. The molecule has 0 spiro atoms. The molecular formula is C17H21N3O5S. The quantitative estimate of drug-likeness (QED) is 0.400. The van der Waals surface area contributed by atoms with Gasteiger partial charge in [-0.15, -0.1) is 11.8 Å². The van der Waals surface area contributed by atoms with Crippen LogP contribution in [0.4, 0.5) is 0 Å². The standard InChI is InChI=1S/C17H21N3O5S/c1-11-14(12(2)25-20-11)10-26-16-13(5-4-6-19-16)17(22)24-9-15(21)18-7-8-23-3/h4-6H,7-10H2,1-3H3,(H,18,21). The van der Waals surface area contributed by atoms with Crippen molar-refractivity contribution in [2.45, 2.75) is 24.6 Å². The summed E-state index contributed by atoms with van der Waals surface area (Å²) in [6.45, 7) is 4.10. The largest absolute Gasteiger partial charge is 0.452 e. The lowest BCUT2D eigenvalue weighted by molar-refractivity contribution is -0.124. The van der Waals surface area contributed by atoms with Gasteiger partial charge in [-0.05, 0) is 26.0 Å². The van der Waals surface area contributed by atoms with Gasteiger partial charge in [0.1, 0.15) is 10.8 Å². The number of esters is 1. The molecule has 0 aromatic carbocycles. The molecule has 0 fully saturated rings. The summed E-state index contributed by atoms with van der Waals surface area (Å²) < 4.78 is 15.0. The van der Waals surface area contributed by atoms with Crippen molar-refractivity contribution in [3.05, 3.63) is 40.9 Å². The second-order valence-corrected chi connectivity index (χ2v) is 6.33. The second kappa shape index (κ2) is 9.93. The van der Waals surface area contributed by atoms with E-state index in [1.165, 1.54) is 18.9 Å². The van der Waals surface area contributed by atoms with E-state index in [9.17, 15) is 9.59 Å². The van der Waals surface area contributed by atoms with Gasteiger partial charge in [-0.25, -0.2) is 9.78 Å². The lowest BCUT2D eigenvalue weighted by atomic mass is 10.2. The number of rotatable bonds is 9. The number of hydrogen-bond acceptors (Lipinski definition) is 8. The van der Waals surface area contributed by atoms with Crippen LogP contribution in [0.1, 0.15) is 27.4 Å². The maximum atomic E-state index is 12.3. The SMILES string of the molecule is COCCNC(=O)COC(=O)c1cccnc1SCc1c(C)noc1C. The highest BCUT2D eigenvalue weighted by Crippen LogP contribution is 2.27. The molecule has 8 nitrogen and oxygen atoms in total. The number of nitrogens with zero attached hydrogens (tertiary/aromatic N) is 2. The van der Waals surface area contributed by atoms with Gasteiger partial charge in [-0.1, -0.05) is 5.16 Å². The van der Waals surface area contributed by atoms with Crippen LogP contribution in [-0.2, 0) is 20.0 Å². The summed E-state index contributed by atoms with van der Waals surface area (Å²) in [6.07, 6.45) is 1.60. The average Bonchev–Trinajstić information content (AvgIpc) is 2.96. The number of ether oxygens (including phenoxy) is 2. The minimum absolute atomic E-state index is 0.314. The first-order valence-electron chi connectivity index (χ1n) is 7.95. The fourth-order valence-corrected chi connectivity index (χ4v) is 3.20. The van der Waals surface area contributed by atoms with Crippen molar-refractivity contribution >= 4 is 23.6 Å². The molecule has 0 saturated carbocycles. The highest BCUT2D eigenvalue weighted by Gasteiger charge is 2.17. The van der Waals surface area contributed by atoms with Crippen LogP contribution in [0.2, 0.25) is 0 Å². The fourth-order valence-electron chi connectivity index (χ4n) is 2.06. The van der Waals surface area contributed by atoms with Crippen molar-refractivity contribution in [2.75, 3.05) is 26.9 Å². The first-order valence-corrected chi connectivity index (χ1v) is 8.93. The first kappa shape index (κ1) is 19.9. The zero-order chi connectivity index (χ0) is 18.9. The number of hydrogen-bond donors (Lipinski definition) is 1. The molecule has 0 bridgehead atoms.